The number of nitrogens with one attached hydrogen (secondary N) is 1. The van der Waals surface area contributed by atoms with Crippen LogP contribution in [0.2, 0.25) is 0 Å². The topological polar surface area (TPSA) is 50.8 Å². The molecular formula is C7H11N3O. The van der Waals surface area contributed by atoms with Gasteiger partial charge in [-0.25, -0.2) is 4.98 Å². The highest BCUT2D eigenvalue weighted by Gasteiger charge is 2.27. The van der Waals surface area contributed by atoms with E-state index in [1.807, 2.05) is 0 Å². The number of aromatic amines is 1. The highest BCUT2D eigenvalue weighted by Crippen LogP contribution is 2.37. The molecule has 60 valence electrons. The van der Waals surface area contributed by atoms with Gasteiger partial charge in [-0.1, -0.05) is 0 Å². The maximum Gasteiger partial charge on any atom is 0.153 e. The lowest BCUT2D eigenvalue weighted by atomic mass is 10.4. The first-order valence-corrected chi connectivity index (χ1v) is 3.80. The fourth-order valence-corrected chi connectivity index (χ4v) is 1.04. The minimum Gasteiger partial charge on any atom is -0.377 e. The van der Waals surface area contributed by atoms with Crippen molar-refractivity contribution in [1.29, 1.82) is 0 Å². The van der Waals surface area contributed by atoms with Gasteiger partial charge in [0.05, 0.1) is 0 Å². The Morgan fingerprint density at radius 3 is 3.09 bits per heavy atom. The number of H-pyrrole nitrogens is 1. The van der Waals surface area contributed by atoms with E-state index in [1.54, 1.807) is 7.11 Å². The van der Waals surface area contributed by atoms with Crippen LogP contribution in [0.25, 0.3) is 0 Å². The summed E-state index contributed by atoms with van der Waals surface area (Å²) in [6.07, 6.45) is 2.48. The molecule has 4 heteroatoms. The van der Waals surface area contributed by atoms with Gasteiger partial charge in [0, 0.05) is 13.0 Å². The first-order chi connectivity index (χ1) is 5.40. The van der Waals surface area contributed by atoms with Crippen LogP contribution in [0.4, 0.5) is 0 Å². The summed E-state index contributed by atoms with van der Waals surface area (Å²) < 4.78 is 4.91. The molecule has 0 bridgehead atoms. The zero-order valence-corrected chi connectivity index (χ0v) is 6.50. The first-order valence-electron chi connectivity index (χ1n) is 3.80. The largest absolute Gasteiger partial charge is 0.377 e. The van der Waals surface area contributed by atoms with Crippen molar-refractivity contribution in [2.45, 2.75) is 25.4 Å². The molecule has 0 atom stereocenters. The van der Waals surface area contributed by atoms with Crippen molar-refractivity contribution >= 4 is 0 Å². The van der Waals surface area contributed by atoms with Gasteiger partial charge in [-0.3, -0.25) is 5.10 Å². The fourth-order valence-electron chi connectivity index (χ4n) is 1.04. The fraction of sp³-hybridized carbons (Fsp3) is 0.714. The predicted molar refractivity (Wildman–Crippen MR) is 39.1 cm³/mol. The Kier molecular flexibility index (Phi) is 1.62. The van der Waals surface area contributed by atoms with Crippen molar-refractivity contribution in [3.05, 3.63) is 11.6 Å². The second-order valence-electron chi connectivity index (χ2n) is 2.85. The minimum absolute atomic E-state index is 0.528. The molecule has 1 N–H and O–H groups in total. The van der Waals surface area contributed by atoms with Crippen molar-refractivity contribution in [1.82, 2.24) is 15.2 Å². The van der Waals surface area contributed by atoms with E-state index in [9.17, 15) is 0 Å². The molecule has 0 aliphatic heterocycles. The van der Waals surface area contributed by atoms with Gasteiger partial charge >= 0.3 is 0 Å². The average Bonchev–Trinajstić information content (AvgIpc) is 2.75. The van der Waals surface area contributed by atoms with E-state index in [0.717, 1.165) is 11.6 Å². The number of methoxy groups -OCH3 is 1. The highest BCUT2D eigenvalue weighted by molar-refractivity contribution is 5.04. The summed E-state index contributed by atoms with van der Waals surface area (Å²) in [5.74, 6) is 2.41. The Morgan fingerprint density at radius 1 is 1.64 bits per heavy atom. The lowest BCUT2D eigenvalue weighted by Gasteiger charge is -1.88. The summed E-state index contributed by atoms with van der Waals surface area (Å²) in [6, 6.07) is 0. The second kappa shape index (κ2) is 2.62. The van der Waals surface area contributed by atoms with Crippen molar-refractivity contribution < 1.29 is 4.74 Å². The lowest BCUT2D eigenvalue weighted by Crippen LogP contribution is -1.89. The number of hydrogen-bond acceptors (Lipinski definition) is 3. The van der Waals surface area contributed by atoms with E-state index in [2.05, 4.69) is 15.2 Å². The maximum atomic E-state index is 4.91. The molecule has 0 radical (unpaired) electrons. The lowest BCUT2D eigenvalue weighted by molar-refractivity contribution is 0.178. The summed E-state index contributed by atoms with van der Waals surface area (Å²) in [4.78, 5) is 4.27. The molecule has 1 aromatic heterocycles. The smallest absolute Gasteiger partial charge is 0.153 e. The van der Waals surface area contributed by atoms with Crippen LogP contribution in [0.3, 0.4) is 0 Å². The van der Waals surface area contributed by atoms with Crippen LogP contribution in [0.15, 0.2) is 0 Å². The molecule has 11 heavy (non-hydrogen) atoms. The van der Waals surface area contributed by atoms with Gasteiger partial charge in [-0.2, -0.15) is 5.10 Å². The molecule has 2 rings (SSSR count). The molecule has 0 aromatic carbocycles. The zero-order chi connectivity index (χ0) is 7.68. The quantitative estimate of drug-likeness (QED) is 0.699. The molecule has 1 heterocycles. The number of aromatic nitrogens is 3. The Balaban J connectivity index is 2.06. The van der Waals surface area contributed by atoms with E-state index in [1.165, 1.54) is 12.8 Å². The summed E-state index contributed by atoms with van der Waals surface area (Å²) >= 11 is 0. The van der Waals surface area contributed by atoms with E-state index in [-0.39, 0.29) is 0 Å². The molecule has 1 aliphatic carbocycles. The molecule has 0 unspecified atom stereocenters. The van der Waals surface area contributed by atoms with Crippen molar-refractivity contribution in [3.8, 4) is 0 Å². The van der Waals surface area contributed by atoms with Crippen LogP contribution in [0.5, 0.6) is 0 Å². The molecule has 1 saturated carbocycles. The summed E-state index contributed by atoms with van der Waals surface area (Å²) in [6.45, 7) is 0.528. The molecule has 0 spiro atoms. The Labute approximate surface area is 65.0 Å². The van der Waals surface area contributed by atoms with Crippen molar-refractivity contribution in [2.75, 3.05) is 7.11 Å². The van der Waals surface area contributed by atoms with Crippen LogP contribution in [0.1, 0.15) is 30.4 Å². The van der Waals surface area contributed by atoms with Crippen LogP contribution >= 0.6 is 0 Å². The van der Waals surface area contributed by atoms with Gasteiger partial charge in [0.2, 0.25) is 0 Å². The first kappa shape index (κ1) is 6.79. The average molecular weight is 153 g/mol. The Hall–Kier alpha value is -0.900. The number of ether oxygens (including phenoxy) is 1. The third-order valence-corrected chi connectivity index (χ3v) is 1.77. The molecule has 1 aliphatic rings. The number of rotatable bonds is 3. The molecule has 1 aromatic rings. The third kappa shape index (κ3) is 1.40. The molecule has 0 saturated heterocycles. The summed E-state index contributed by atoms with van der Waals surface area (Å²) in [5.41, 5.74) is 0. The van der Waals surface area contributed by atoms with Gasteiger partial charge in [0.15, 0.2) is 11.6 Å². The van der Waals surface area contributed by atoms with E-state index < -0.39 is 0 Å². The van der Waals surface area contributed by atoms with Gasteiger partial charge < -0.3 is 4.74 Å². The number of nitrogens with zero attached hydrogens (tertiary/aromatic N) is 2. The second-order valence-corrected chi connectivity index (χ2v) is 2.85. The van der Waals surface area contributed by atoms with Gasteiger partial charge in [0.25, 0.3) is 0 Å². The molecule has 0 amide bonds. The van der Waals surface area contributed by atoms with E-state index >= 15 is 0 Å². The van der Waals surface area contributed by atoms with Crippen LogP contribution in [0, 0.1) is 0 Å². The van der Waals surface area contributed by atoms with E-state index in [4.69, 9.17) is 4.74 Å². The summed E-state index contributed by atoms with van der Waals surface area (Å²) in [5, 5.41) is 6.92. The Morgan fingerprint density at radius 2 is 2.45 bits per heavy atom. The third-order valence-electron chi connectivity index (χ3n) is 1.77. The van der Waals surface area contributed by atoms with Crippen molar-refractivity contribution in [2.24, 2.45) is 0 Å². The van der Waals surface area contributed by atoms with E-state index in [0.29, 0.717) is 12.5 Å². The van der Waals surface area contributed by atoms with Gasteiger partial charge in [-0.05, 0) is 12.8 Å². The minimum atomic E-state index is 0.528. The maximum absolute atomic E-state index is 4.91. The van der Waals surface area contributed by atoms with Gasteiger partial charge in [0.1, 0.15) is 6.61 Å². The highest BCUT2D eigenvalue weighted by atomic mass is 16.5. The molecule has 1 fully saturated rings. The SMILES string of the molecule is COCc1nc(C2CC2)n[nH]1. The normalized spacial score (nSPS) is 17.2. The Bertz CT molecular complexity index is 242. The van der Waals surface area contributed by atoms with Gasteiger partial charge in [-0.15, -0.1) is 0 Å². The monoisotopic (exact) mass is 153 g/mol. The molecule has 4 nitrogen and oxygen atoms in total. The van der Waals surface area contributed by atoms with Crippen LogP contribution in [-0.4, -0.2) is 22.3 Å². The van der Waals surface area contributed by atoms with Crippen molar-refractivity contribution in [3.63, 3.8) is 0 Å². The predicted octanol–water partition coefficient (Wildman–Crippen LogP) is 0.829. The van der Waals surface area contributed by atoms with Crippen LogP contribution in [-0.2, 0) is 11.3 Å². The van der Waals surface area contributed by atoms with Crippen LogP contribution < -0.4 is 0 Å². The zero-order valence-electron chi connectivity index (χ0n) is 6.50. The number of hydrogen-bond donors (Lipinski definition) is 1. The molecular weight excluding hydrogens is 142 g/mol. The standard InChI is InChI=1S/C7H11N3O/c1-11-4-6-8-7(10-9-6)5-2-3-5/h5H,2-4H2,1H3,(H,8,9,10). The summed E-state index contributed by atoms with van der Waals surface area (Å²) in [7, 11) is 1.65.